The first kappa shape index (κ1) is 13.6. The lowest BCUT2D eigenvalue weighted by Gasteiger charge is -2.19. The van der Waals surface area contributed by atoms with Gasteiger partial charge in [0.25, 0.3) is 0 Å². The van der Waals surface area contributed by atoms with Crippen LogP contribution in [0.1, 0.15) is 11.6 Å². The van der Waals surface area contributed by atoms with E-state index in [2.05, 4.69) is 49.3 Å². The van der Waals surface area contributed by atoms with E-state index in [4.69, 9.17) is 5.73 Å². The highest BCUT2D eigenvalue weighted by molar-refractivity contribution is 9.13. The highest BCUT2D eigenvalue weighted by atomic mass is 79.9. The van der Waals surface area contributed by atoms with Gasteiger partial charge in [0.05, 0.1) is 6.04 Å². The third-order valence-corrected chi connectivity index (χ3v) is 4.58. The molecule has 0 aliphatic heterocycles. The summed E-state index contributed by atoms with van der Waals surface area (Å²) >= 11 is 6.98. The maximum absolute atomic E-state index is 5.85. The van der Waals surface area contributed by atoms with E-state index < -0.39 is 0 Å². The van der Waals surface area contributed by atoms with Crippen LogP contribution < -0.4 is 11.1 Å². The van der Waals surface area contributed by atoms with Crippen molar-refractivity contribution < 1.29 is 0 Å². The van der Waals surface area contributed by atoms with Gasteiger partial charge in [-0.3, -0.25) is 0 Å². The lowest BCUT2D eigenvalue weighted by Crippen LogP contribution is -2.20. The molecule has 94 valence electrons. The Balaban J connectivity index is 2.20. The van der Waals surface area contributed by atoms with E-state index in [0.717, 1.165) is 20.2 Å². The Morgan fingerprint density at radius 1 is 1.00 bits per heavy atom. The van der Waals surface area contributed by atoms with Gasteiger partial charge in [-0.05, 0) is 61.7 Å². The molecule has 3 N–H and O–H groups in total. The molecule has 2 aromatic carbocycles. The van der Waals surface area contributed by atoms with Crippen molar-refractivity contribution >= 4 is 37.5 Å². The predicted octanol–water partition coefficient (Wildman–Crippen LogP) is 4.32. The first-order chi connectivity index (χ1) is 8.70. The lowest BCUT2D eigenvalue weighted by atomic mass is 10.1. The maximum Gasteiger partial charge on any atom is 0.0636 e. The first-order valence-corrected chi connectivity index (χ1v) is 7.26. The van der Waals surface area contributed by atoms with Crippen molar-refractivity contribution in [2.75, 3.05) is 11.9 Å². The highest BCUT2D eigenvalue weighted by Crippen LogP contribution is 2.27. The zero-order valence-electron chi connectivity index (χ0n) is 9.74. The Morgan fingerprint density at radius 2 is 1.72 bits per heavy atom. The quantitative estimate of drug-likeness (QED) is 0.841. The van der Waals surface area contributed by atoms with Crippen LogP contribution in [0.4, 0.5) is 5.69 Å². The van der Waals surface area contributed by atoms with Gasteiger partial charge < -0.3 is 11.1 Å². The summed E-state index contributed by atoms with van der Waals surface area (Å²) < 4.78 is 2.08. The van der Waals surface area contributed by atoms with Crippen LogP contribution in [0, 0.1) is 0 Å². The molecular formula is C14H14Br2N2. The molecule has 0 heterocycles. The van der Waals surface area contributed by atoms with Crippen LogP contribution in [0.25, 0.3) is 0 Å². The number of nitrogens with two attached hydrogens (primary N) is 1. The van der Waals surface area contributed by atoms with Crippen LogP contribution in [0.5, 0.6) is 0 Å². The standard InChI is InChI=1S/C14H14Br2N2/c15-12-7-6-10(8-13(12)16)14(9-17)18-11-4-2-1-3-5-11/h1-8,14,18H,9,17H2. The number of hydrogen-bond donors (Lipinski definition) is 2. The molecule has 4 heteroatoms. The zero-order valence-corrected chi connectivity index (χ0v) is 12.9. The number of para-hydroxylation sites is 1. The summed E-state index contributed by atoms with van der Waals surface area (Å²) in [6.07, 6.45) is 0. The molecule has 0 aliphatic rings. The van der Waals surface area contributed by atoms with Gasteiger partial charge in [0.15, 0.2) is 0 Å². The molecular weight excluding hydrogens is 356 g/mol. The molecule has 18 heavy (non-hydrogen) atoms. The van der Waals surface area contributed by atoms with Gasteiger partial charge in [0, 0.05) is 21.2 Å². The molecule has 0 aliphatic carbocycles. The largest absolute Gasteiger partial charge is 0.377 e. The zero-order chi connectivity index (χ0) is 13.0. The second-order valence-electron chi connectivity index (χ2n) is 3.97. The van der Waals surface area contributed by atoms with E-state index in [1.54, 1.807) is 0 Å². The maximum atomic E-state index is 5.85. The molecule has 0 spiro atoms. The van der Waals surface area contributed by atoms with E-state index in [0.29, 0.717) is 6.54 Å². The fourth-order valence-electron chi connectivity index (χ4n) is 1.74. The summed E-state index contributed by atoms with van der Waals surface area (Å²) in [5, 5.41) is 3.43. The summed E-state index contributed by atoms with van der Waals surface area (Å²) in [5.74, 6) is 0. The Bertz CT molecular complexity index is 514. The second-order valence-corrected chi connectivity index (χ2v) is 5.68. The van der Waals surface area contributed by atoms with Gasteiger partial charge in [0.1, 0.15) is 0 Å². The van der Waals surface area contributed by atoms with Crippen molar-refractivity contribution in [2.45, 2.75) is 6.04 Å². The van der Waals surface area contributed by atoms with Crippen molar-refractivity contribution in [3.63, 3.8) is 0 Å². The summed E-state index contributed by atoms with van der Waals surface area (Å²) in [4.78, 5) is 0. The van der Waals surface area contributed by atoms with Crippen LogP contribution in [0.3, 0.4) is 0 Å². The van der Waals surface area contributed by atoms with E-state index in [-0.39, 0.29) is 6.04 Å². The van der Waals surface area contributed by atoms with E-state index in [9.17, 15) is 0 Å². The molecule has 0 aromatic heterocycles. The summed E-state index contributed by atoms with van der Waals surface area (Å²) in [7, 11) is 0. The Labute approximate surface area is 124 Å². The molecule has 0 bridgehead atoms. The Kier molecular flexibility index (Phi) is 4.80. The van der Waals surface area contributed by atoms with Gasteiger partial charge in [-0.15, -0.1) is 0 Å². The normalized spacial score (nSPS) is 12.2. The van der Waals surface area contributed by atoms with Crippen molar-refractivity contribution in [2.24, 2.45) is 5.73 Å². The van der Waals surface area contributed by atoms with Gasteiger partial charge in [-0.25, -0.2) is 0 Å². The lowest BCUT2D eigenvalue weighted by molar-refractivity contribution is 0.789. The molecule has 0 radical (unpaired) electrons. The molecule has 2 nitrogen and oxygen atoms in total. The molecule has 2 rings (SSSR count). The van der Waals surface area contributed by atoms with Crippen LogP contribution in [0.15, 0.2) is 57.5 Å². The molecule has 1 atom stereocenters. The molecule has 0 saturated carbocycles. The Hall–Kier alpha value is -0.840. The van der Waals surface area contributed by atoms with Crippen LogP contribution in [0.2, 0.25) is 0 Å². The van der Waals surface area contributed by atoms with Crippen LogP contribution in [-0.4, -0.2) is 6.54 Å². The van der Waals surface area contributed by atoms with Crippen molar-refractivity contribution in [1.82, 2.24) is 0 Å². The monoisotopic (exact) mass is 368 g/mol. The van der Waals surface area contributed by atoms with Gasteiger partial charge in [0.2, 0.25) is 0 Å². The highest BCUT2D eigenvalue weighted by Gasteiger charge is 2.10. The van der Waals surface area contributed by atoms with Crippen LogP contribution >= 0.6 is 31.9 Å². The van der Waals surface area contributed by atoms with Gasteiger partial charge in [-0.2, -0.15) is 0 Å². The first-order valence-electron chi connectivity index (χ1n) is 5.67. The van der Waals surface area contributed by atoms with Crippen molar-refractivity contribution in [1.29, 1.82) is 0 Å². The number of anilines is 1. The number of halogens is 2. The molecule has 1 unspecified atom stereocenters. The average molecular weight is 370 g/mol. The molecule has 0 fully saturated rings. The number of nitrogens with one attached hydrogen (secondary N) is 1. The number of rotatable bonds is 4. The number of benzene rings is 2. The minimum Gasteiger partial charge on any atom is -0.377 e. The van der Waals surface area contributed by atoms with Crippen molar-refractivity contribution in [3.05, 3.63) is 63.0 Å². The number of hydrogen-bond acceptors (Lipinski definition) is 2. The van der Waals surface area contributed by atoms with E-state index >= 15 is 0 Å². The third kappa shape index (κ3) is 3.34. The fraction of sp³-hybridized carbons (Fsp3) is 0.143. The average Bonchev–Trinajstić information content (AvgIpc) is 2.40. The SMILES string of the molecule is NCC(Nc1ccccc1)c1ccc(Br)c(Br)c1. The summed E-state index contributed by atoms with van der Waals surface area (Å²) in [5.41, 5.74) is 8.09. The second kappa shape index (κ2) is 6.36. The minimum atomic E-state index is 0.108. The fourth-order valence-corrected chi connectivity index (χ4v) is 2.39. The summed E-state index contributed by atoms with van der Waals surface area (Å²) in [6, 6.07) is 16.4. The van der Waals surface area contributed by atoms with Gasteiger partial charge >= 0.3 is 0 Å². The predicted molar refractivity (Wildman–Crippen MR) is 83.7 cm³/mol. The molecule has 0 saturated heterocycles. The third-order valence-electron chi connectivity index (χ3n) is 2.70. The topological polar surface area (TPSA) is 38.0 Å². The summed E-state index contributed by atoms with van der Waals surface area (Å²) in [6.45, 7) is 0.545. The minimum absolute atomic E-state index is 0.108. The Morgan fingerprint density at radius 3 is 2.33 bits per heavy atom. The molecule has 2 aromatic rings. The van der Waals surface area contributed by atoms with Crippen molar-refractivity contribution in [3.8, 4) is 0 Å². The van der Waals surface area contributed by atoms with Crippen LogP contribution in [-0.2, 0) is 0 Å². The van der Waals surface area contributed by atoms with Gasteiger partial charge in [-0.1, -0.05) is 24.3 Å². The smallest absolute Gasteiger partial charge is 0.0636 e. The van der Waals surface area contributed by atoms with E-state index in [1.165, 1.54) is 0 Å². The van der Waals surface area contributed by atoms with E-state index in [1.807, 2.05) is 36.4 Å². The molecule has 0 amide bonds.